The number of rotatable bonds is 24. The molecule has 0 unspecified atom stereocenters. The van der Waals surface area contributed by atoms with Crippen LogP contribution in [0.5, 0.6) is 0 Å². The van der Waals surface area contributed by atoms with E-state index in [2.05, 4.69) is 27.7 Å². The molecule has 0 saturated carbocycles. The summed E-state index contributed by atoms with van der Waals surface area (Å²) in [7, 11) is -0.679. The third-order valence-electron chi connectivity index (χ3n) is 6.94. The lowest BCUT2D eigenvalue weighted by Crippen LogP contribution is -2.13. The highest BCUT2D eigenvalue weighted by Gasteiger charge is 2.34. The Morgan fingerprint density at radius 1 is 0.323 bits per heavy atom. The van der Waals surface area contributed by atoms with Crippen molar-refractivity contribution in [1.82, 2.24) is 6.15 Å². The number of hydrogen-bond acceptors (Lipinski definition) is 1. The average molecular weight is 526 g/mol. The largest absolute Gasteiger partial charge is 0.344 e. The highest BCUT2D eigenvalue weighted by Crippen LogP contribution is 2.61. The molecule has 0 fully saturated rings. The molecule has 3 heteroatoms. The van der Waals surface area contributed by atoms with Crippen molar-refractivity contribution in [3.8, 4) is 0 Å². The predicted molar refractivity (Wildman–Crippen MR) is 157 cm³/mol. The lowest BCUT2D eigenvalue weighted by Gasteiger charge is -2.28. The third-order valence-corrected chi connectivity index (χ3v) is 12.0. The van der Waals surface area contributed by atoms with Gasteiger partial charge in [-0.2, -0.15) is 0 Å². The van der Waals surface area contributed by atoms with Gasteiger partial charge in [0.2, 0.25) is 0 Å². The van der Waals surface area contributed by atoms with Crippen LogP contribution in [0.15, 0.2) is 0 Å². The van der Waals surface area contributed by atoms with Gasteiger partial charge in [0.05, 0.1) is 24.6 Å². The van der Waals surface area contributed by atoms with Gasteiger partial charge >= 0.3 is 0 Å². The van der Waals surface area contributed by atoms with Gasteiger partial charge in [0.15, 0.2) is 0 Å². The summed E-state index contributed by atoms with van der Waals surface area (Å²) in [5.74, 6) is 0. The normalized spacial score (nSPS) is 11.2. The van der Waals surface area contributed by atoms with Crippen molar-refractivity contribution in [2.24, 2.45) is 0 Å². The first-order valence-corrected chi connectivity index (χ1v) is 16.6. The fourth-order valence-corrected chi connectivity index (χ4v) is 9.86. The molecule has 192 valence electrons. The highest BCUT2D eigenvalue weighted by molar-refractivity contribution is 8.93. The maximum atomic E-state index is 2.41. The third kappa shape index (κ3) is 23.8. The van der Waals surface area contributed by atoms with Crippen LogP contribution in [0.4, 0.5) is 0 Å². The van der Waals surface area contributed by atoms with Gasteiger partial charge < -0.3 is 6.15 Å². The molecule has 0 atom stereocenters. The van der Waals surface area contributed by atoms with Gasteiger partial charge in [0.25, 0.3) is 0 Å². The molecule has 31 heavy (non-hydrogen) atoms. The van der Waals surface area contributed by atoms with E-state index in [1.54, 1.807) is 43.9 Å². The maximum absolute atomic E-state index is 2.41. The lowest BCUT2D eigenvalue weighted by atomic mass is 10.1. The van der Waals surface area contributed by atoms with Crippen LogP contribution in [0.25, 0.3) is 0 Å². The van der Waals surface area contributed by atoms with Crippen molar-refractivity contribution >= 4 is 24.2 Å². The van der Waals surface area contributed by atoms with Crippen LogP contribution in [0.3, 0.4) is 0 Å². The summed E-state index contributed by atoms with van der Waals surface area (Å²) in [5, 5.41) is 0. The summed E-state index contributed by atoms with van der Waals surface area (Å²) in [6.07, 6.45) is 36.1. The molecule has 0 aliphatic carbocycles. The van der Waals surface area contributed by atoms with E-state index >= 15 is 0 Å². The first-order chi connectivity index (χ1) is 14.2. The van der Waals surface area contributed by atoms with Crippen molar-refractivity contribution in [1.29, 1.82) is 0 Å². The second-order valence-electron chi connectivity index (χ2n) is 9.89. The van der Waals surface area contributed by atoms with Gasteiger partial charge in [0.1, 0.15) is 0 Å². The van der Waals surface area contributed by atoms with Crippen LogP contribution in [0, 0.1) is 0 Å². The second-order valence-corrected chi connectivity index (χ2v) is 14.4. The van der Waals surface area contributed by atoms with Crippen molar-refractivity contribution in [2.45, 2.75) is 156 Å². The SMILES string of the molecule is Br.CCCCCCCC[P+](CCCC)(CCCCCCCC)CCCCCCCC.N. The summed E-state index contributed by atoms with van der Waals surface area (Å²) in [6, 6.07) is 0. The Hall–Kier alpha value is 0.870. The van der Waals surface area contributed by atoms with E-state index in [0.717, 1.165) is 0 Å². The summed E-state index contributed by atoms with van der Waals surface area (Å²) >= 11 is 0. The molecule has 0 aromatic carbocycles. The Morgan fingerprint density at radius 2 is 0.548 bits per heavy atom. The van der Waals surface area contributed by atoms with Crippen molar-refractivity contribution < 1.29 is 0 Å². The predicted octanol–water partition coefficient (Wildman–Crippen LogP) is 11.6. The second kappa shape index (κ2) is 28.9. The van der Waals surface area contributed by atoms with Gasteiger partial charge in [-0.25, -0.2) is 0 Å². The monoisotopic (exact) mass is 524 g/mol. The summed E-state index contributed by atoms with van der Waals surface area (Å²) in [5.41, 5.74) is 0. The van der Waals surface area contributed by atoms with E-state index in [4.69, 9.17) is 0 Å². The number of unbranched alkanes of at least 4 members (excludes halogenated alkanes) is 16. The molecule has 1 nitrogen and oxygen atoms in total. The average Bonchev–Trinajstić information content (AvgIpc) is 2.74. The molecule has 0 amide bonds. The first kappa shape index (κ1) is 36.4. The van der Waals surface area contributed by atoms with Crippen LogP contribution >= 0.6 is 24.2 Å². The number of halogens is 1. The molecule has 0 radical (unpaired) electrons. The molecule has 0 heterocycles. The van der Waals surface area contributed by atoms with Crippen molar-refractivity contribution in [3.63, 3.8) is 0 Å². The van der Waals surface area contributed by atoms with E-state index in [9.17, 15) is 0 Å². The minimum atomic E-state index is -0.679. The summed E-state index contributed by atoms with van der Waals surface area (Å²) < 4.78 is 0. The Kier molecular flexibility index (Phi) is 34.0. The molecular weight excluding hydrogens is 461 g/mol. The fraction of sp³-hybridized carbons (Fsp3) is 1.00. The fourth-order valence-electron chi connectivity index (χ4n) is 4.85. The molecule has 0 bridgehead atoms. The smallest absolute Gasteiger partial charge is 0.0594 e. The van der Waals surface area contributed by atoms with E-state index < -0.39 is 7.26 Å². The topological polar surface area (TPSA) is 35.0 Å². The molecule has 0 aromatic heterocycles. The van der Waals surface area contributed by atoms with Gasteiger partial charge in [-0.3, -0.25) is 0 Å². The van der Waals surface area contributed by atoms with Gasteiger partial charge in [0, 0.05) is 7.26 Å². The first-order valence-electron chi connectivity index (χ1n) is 14.1. The molecule has 0 aromatic rings. The molecule has 3 N–H and O–H groups in total. The Morgan fingerprint density at radius 3 is 0.839 bits per heavy atom. The number of hydrogen-bond donors (Lipinski definition) is 1. The standard InChI is InChI=1S/C28H60P.BrH.H3N/c1-5-9-13-16-19-22-26-29(25-12-8-4,27-23-20-17-14-10-6-2)28-24-21-18-15-11-7-3;;/h5-28H2,1-4H3;1H;1H3/q+1;;. The molecule has 0 aliphatic rings. The Balaban J connectivity index is -0.00000392. The highest BCUT2D eigenvalue weighted by atomic mass is 79.9. The van der Waals surface area contributed by atoms with Crippen LogP contribution < -0.4 is 6.15 Å². The molecule has 0 rings (SSSR count). The summed E-state index contributed by atoms with van der Waals surface area (Å²) in [4.78, 5) is 0. The Labute approximate surface area is 210 Å². The Bertz CT molecular complexity index is 271. The van der Waals surface area contributed by atoms with Gasteiger partial charge in [-0.05, 0) is 44.9 Å². The van der Waals surface area contributed by atoms with Crippen molar-refractivity contribution in [3.05, 3.63) is 0 Å². The van der Waals surface area contributed by atoms with Crippen LogP contribution in [-0.4, -0.2) is 24.6 Å². The molecule has 0 spiro atoms. The van der Waals surface area contributed by atoms with E-state index in [-0.39, 0.29) is 23.1 Å². The molecular formula is C28H64BrNP+. The van der Waals surface area contributed by atoms with E-state index in [1.165, 1.54) is 109 Å². The minimum absolute atomic E-state index is 0. The zero-order chi connectivity index (χ0) is 21.5. The van der Waals surface area contributed by atoms with Crippen LogP contribution in [0.1, 0.15) is 156 Å². The molecule has 0 saturated heterocycles. The van der Waals surface area contributed by atoms with Gasteiger partial charge in [-0.15, -0.1) is 17.0 Å². The zero-order valence-corrected chi connectivity index (χ0v) is 25.1. The molecule has 0 aliphatic heterocycles. The maximum Gasteiger partial charge on any atom is 0.0594 e. The van der Waals surface area contributed by atoms with Crippen LogP contribution in [0.2, 0.25) is 0 Å². The van der Waals surface area contributed by atoms with Crippen molar-refractivity contribution in [2.75, 3.05) is 24.6 Å². The zero-order valence-electron chi connectivity index (χ0n) is 22.5. The minimum Gasteiger partial charge on any atom is -0.344 e. The van der Waals surface area contributed by atoms with Crippen LogP contribution in [-0.2, 0) is 0 Å². The van der Waals surface area contributed by atoms with E-state index in [1.807, 2.05) is 0 Å². The van der Waals surface area contributed by atoms with Gasteiger partial charge in [-0.1, -0.05) is 111 Å². The quantitative estimate of drug-likeness (QED) is 0.0987. The lowest BCUT2D eigenvalue weighted by molar-refractivity contribution is 0.615. The van der Waals surface area contributed by atoms with E-state index in [0.29, 0.717) is 0 Å². The summed E-state index contributed by atoms with van der Waals surface area (Å²) in [6.45, 7) is 9.42.